The van der Waals surface area contributed by atoms with Gasteiger partial charge in [0.15, 0.2) is 0 Å². The Morgan fingerprint density at radius 1 is 1.22 bits per heavy atom. The van der Waals surface area contributed by atoms with E-state index in [0.717, 1.165) is 22.3 Å². The normalized spacial score (nSPS) is 10.2. The van der Waals surface area contributed by atoms with Crippen molar-refractivity contribution >= 4 is 33.2 Å². The highest BCUT2D eigenvalue weighted by atomic mass is 79.9. The number of hydrogen-bond acceptors (Lipinski definition) is 2. The highest BCUT2D eigenvalue weighted by Crippen LogP contribution is 2.25. The molecule has 0 radical (unpaired) electrons. The zero-order valence-corrected chi connectivity index (χ0v) is 12.3. The van der Waals surface area contributed by atoms with Crippen molar-refractivity contribution in [3.8, 4) is 5.75 Å². The van der Waals surface area contributed by atoms with Crippen LogP contribution in [0.2, 0.25) is 5.02 Å². The van der Waals surface area contributed by atoms with Gasteiger partial charge in [0.25, 0.3) is 0 Å². The van der Waals surface area contributed by atoms with Crippen LogP contribution in [-0.4, -0.2) is 7.11 Å². The predicted molar refractivity (Wildman–Crippen MR) is 79.5 cm³/mol. The van der Waals surface area contributed by atoms with E-state index >= 15 is 0 Å². The smallest absolute Gasteiger partial charge is 0.137 e. The molecule has 0 saturated heterocycles. The Kier molecular flexibility index (Phi) is 4.50. The standard InChI is InChI=1S/C14H13BrClNO/c1-18-14-6-5-10(7-13(14)16)9-17-12-4-2-3-11(15)8-12/h2-8,17H,9H2,1H3. The fraction of sp³-hybridized carbons (Fsp3) is 0.143. The van der Waals surface area contributed by atoms with E-state index in [1.807, 2.05) is 42.5 Å². The van der Waals surface area contributed by atoms with E-state index in [4.69, 9.17) is 16.3 Å². The maximum Gasteiger partial charge on any atom is 0.137 e. The fourth-order valence-electron chi connectivity index (χ4n) is 1.62. The average Bonchev–Trinajstić information content (AvgIpc) is 2.37. The van der Waals surface area contributed by atoms with Gasteiger partial charge in [-0.1, -0.05) is 39.7 Å². The summed E-state index contributed by atoms with van der Waals surface area (Å²) in [5.74, 6) is 0.697. The molecule has 0 heterocycles. The summed E-state index contributed by atoms with van der Waals surface area (Å²) >= 11 is 9.52. The van der Waals surface area contributed by atoms with Crippen molar-refractivity contribution in [1.82, 2.24) is 0 Å². The van der Waals surface area contributed by atoms with E-state index in [1.54, 1.807) is 7.11 Å². The Hall–Kier alpha value is -1.19. The van der Waals surface area contributed by atoms with Crippen LogP contribution >= 0.6 is 27.5 Å². The van der Waals surface area contributed by atoms with Crippen LogP contribution < -0.4 is 10.1 Å². The van der Waals surface area contributed by atoms with Crippen LogP contribution in [0.5, 0.6) is 5.75 Å². The lowest BCUT2D eigenvalue weighted by Gasteiger charge is -2.09. The second-order valence-electron chi connectivity index (χ2n) is 3.83. The second kappa shape index (κ2) is 6.12. The third kappa shape index (κ3) is 3.40. The molecule has 0 amide bonds. The lowest BCUT2D eigenvalue weighted by Crippen LogP contribution is -1.99. The van der Waals surface area contributed by atoms with Crippen LogP contribution in [-0.2, 0) is 6.54 Å². The van der Waals surface area contributed by atoms with Crippen molar-refractivity contribution in [2.45, 2.75) is 6.54 Å². The quantitative estimate of drug-likeness (QED) is 0.877. The molecule has 0 aromatic heterocycles. The SMILES string of the molecule is COc1ccc(CNc2cccc(Br)c2)cc1Cl. The third-order valence-electron chi connectivity index (χ3n) is 2.54. The summed E-state index contributed by atoms with van der Waals surface area (Å²) in [5.41, 5.74) is 2.18. The van der Waals surface area contributed by atoms with Gasteiger partial charge in [0.1, 0.15) is 5.75 Å². The van der Waals surface area contributed by atoms with Gasteiger partial charge in [-0.2, -0.15) is 0 Å². The number of nitrogens with one attached hydrogen (secondary N) is 1. The molecule has 1 N–H and O–H groups in total. The summed E-state index contributed by atoms with van der Waals surface area (Å²) in [6.07, 6.45) is 0. The molecule has 0 aliphatic rings. The fourth-order valence-corrected chi connectivity index (χ4v) is 2.30. The summed E-state index contributed by atoms with van der Waals surface area (Å²) in [5, 5.41) is 3.97. The van der Waals surface area contributed by atoms with Crippen LogP contribution in [0.3, 0.4) is 0 Å². The highest BCUT2D eigenvalue weighted by molar-refractivity contribution is 9.10. The molecule has 0 atom stereocenters. The van der Waals surface area contributed by atoms with Crippen molar-refractivity contribution in [3.63, 3.8) is 0 Å². The molecule has 2 rings (SSSR count). The van der Waals surface area contributed by atoms with Crippen LogP contribution in [0.15, 0.2) is 46.9 Å². The van der Waals surface area contributed by atoms with Gasteiger partial charge in [-0.15, -0.1) is 0 Å². The van der Waals surface area contributed by atoms with Crippen LogP contribution in [0.1, 0.15) is 5.56 Å². The summed E-state index contributed by atoms with van der Waals surface area (Å²) in [6.45, 7) is 0.722. The van der Waals surface area contributed by atoms with E-state index in [-0.39, 0.29) is 0 Å². The first-order chi connectivity index (χ1) is 8.69. The number of ether oxygens (including phenoxy) is 1. The van der Waals surface area contributed by atoms with E-state index in [0.29, 0.717) is 10.8 Å². The van der Waals surface area contributed by atoms with Gasteiger partial charge in [-0.05, 0) is 35.9 Å². The minimum atomic E-state index is 0.631. The van der Waals surface area contributed by atoms with Gasteiger partial charge < -0.3 is 10.1 Å². The lowest BCUT2D eigenvalue weighted by atomic mass is 10.2. The van der Waals surface area contributed by atoms with Gasteiger partial charge in [0.05, 0.1) is 12.1 Å². The molecule has 0 fully saturated rings. The van der Waals surface area contributed by atoms with Crippen LogP contribution in [0, 0.1) is 0 Å². The minimum absolute atomic E-state index is 0.631. The molecular formula is C14H13BrClNO. The molecule has 0 aliphatic heterocycles. The van der Waals surface area contributed by atoms with E-state index < -0.39 is 0 Å². The Bertz CT molecular complexity index is 545. The molecule has 0 unspecified atom stereocenters. The molecule has 0 aliphatic carbocycles. The van der Waals surface area contributed by atoms with Crippen LogP contribution in [0.25, 0.3) is 0 Å². The molecule has 0 saturated carbocycles. The first-order valence-corrected chi connectivity index (χ1v) is 6.68. The predicted octanol–water partition coefficient (Wildman–Crippen LogP) is 4.72. The van der Waals surface area contributed by atoms with Crippen molar-refractivity contribution < 1.29 is 4.74 Å². The van der Waals surface area contributed by atoms with E-state index in [9.17, 15) is 0 Å². The summed E-state index contributed by atoms with van der Waals surface area (Å²) < 4.78 is 6.18. The Morgan fingerprint density at radius 3 is 2.72 bits per heavy atom. The zero-order chi connectivity index (χ0) is 13.0. The second-order valence-corrected chi connectivity index (χ2v) is 5.16. The molecule has 94 valence electrons. The van der Waals surface area contributed by atoms with Gasteiger partial charge in [-0.25, -0.2) is 0 Å². The first kappa shape index (κ1) is 13.2. The maximum absolute atomic E-state index is 6.08. The Labute approximate surface area is 120 Å². The number of rotatable bonds is 4. The molecule has 0 spiro atoms. The highest BCUT2D eigenvalue weighted by Gasteiger charge is 2.01. The van der Waals surface area contributed by atoms with Crippen molar-refractivity contribution in [1.29, 1.82) is 0 Å². The lowest BCUT2D eigenvalue weighted by molar-refractivity contribution is 0.415. The molecular weight excluding hydrogens is 314 g/mol. The Balaban J connectivity index is 2.04. The van der Waals surface area contributed by atoms with Crippen molar-refractivity contribution in [3.05, 3.63) is 57.5 Å². The van der Waals surface area contributed by atoms with Gasteiger partial charge >= 0.3 is 0 Å². The van der Waals surface area contributed by atoms with Crippen molar-refractivity contribution in [2.75, 3.05) is 12.4 Å². The monoisotopic (exact) mass is 325 g/mol. The molecule has 4 heteroatoms. The number of halogens is 2. The maximum atomic E-state index is 6.08. The number of benzene rings is 2. The summed E-state index contributed by atoms with van der Waals surface area (Å²) in [6, 6.07) is 13.8. The largest absolute Gasteiger partial charge is 0.495 e. The van der Waals surface area contributed by atoms with E-state index in [1.165, 1.54) is 0 Å². The zero-order valence-electron chi connectivity index (χ0n) is 9.91. The summed E-state index contributed by atoms with van der Waals surface area (Å²) in [7, 11) is 1.61. The van der Waals surface area contributed by atoms with Gasteiger partial charge in [0.2, 0.25) is 0 Å². The molecule has 18 heavy (non-hydrogen) atoms. The van der Waals surface area contributed by atoms with Gasteiger partial charge in [-0.3, -0.25) is 0 Å². The number of methoxy groups -OCH3 is 1. The topological polar surface area (TPSA) is 21.3 Å². The molecule has 2 nitrogen and oxygen atoms in total. The number of anilines is 1. The average molecular weight is 327 g/mol. The van der Waals surface area contributed by atoms with E-state index in [2.05, 4.69) is 21.2 Å². The van der Waals surface area contributed by atoms with Crippen molar-refractivity contribution in [2.24, 2.45) is 0 Å². The molecule has 2 aromatic rings. The first-order valence-electron chi connectivity index (χ1n) is 5.51. The third-order valence-corrected chi connectivity index (χ3v) is 3.33. The number of hydrogen-bond donors (Lipinski definition) is 1. The molecule has 2 aromatic carbocycles. The molecule has 0 bridgehead atoms. The van der Waals surface area contributed by atoms with Crippen LogP contribution in [0.4, 0.5) is 5.69 Å². The van der Waals surface area contributed by atoms with Gasteiger partial charge in [0, 0.05) is 16.7 Å². The summed E-state index contributed by atoms with van der Waals surface area (Å²) in [4.78, 5) is 0. The minimum Gasteiger partial charge on any atom is -0.495 e. The Morgan fingerprint density at radius 2 is 2.06 bits per heavy atom.